The Balaban J connectivity index is 2.41. The predicted molar refractivity (Wildman–Crippen MR) is 93.0 cm³/mol. The molecule has 1 N–H and O–H groups in total. The van der Waals surface area contributed by atoms with E-state index in [2.05, 4.69) is 21.2 Å². The lowest BCUT2D eigenvalue weighted by Gasteiger charge is -2.13. The Hall–Kier alpha value is -1.60. The van der Waals surface area contributed by atoms with Crippen LogP contribution in [0.25, 0.3) is 6.08 Å². The van der Waals surface area contributed by atoms with E-state index in [4.69, 9.17) is 21.7 Å². The molecule has 0 atom stereocenters. The molecule has 1 amide bonds. The molecule has 1 fully saturated rings. The van der Waals surface area contributed by atoms with Crippen LogP contribution in [-0.4, -0.2) is 36.2 Å². The summed E-state index contributed by atoms with van der Waals surface area (Å²) in [5.41, 5.74) is 1.24. The highest BCUT2D eigenvalue weighted by atomic mass is 79.9. The van der Waals surface area contributed by atoms with E-state index in [1.165, 1.54) is 4.90 Å². The first kappa shape index (κ1) is 16.8. The molecule has 0 saturated carbocycles. The maximum atomic E-state index is 12.0. The number of nitrogens with zero attached hydrogens (tertiary/aromatic N) is 1. The van der Waals surface area contributed by atoms with E-state index in [1.54, 1.807) is 13.1 Å². The normalized spacial score (nSPS) is 16.2. The largest absolute Gasteiger partial charge is 0.490 e. The fraction of sp³-hybridized carbons (Fsp3) is 0.333. The summed E-state index contributed by atoms with van der Waals surface area (Å²) < 4.78 is 12.0. The third-order valence-electron chi connectivity index (χ3n) is 3.04. The van der Waals surface area contributed by atoms with Crippen molar-refractivity contribution in [2.24, 2.45) is 0 Å². The summed E-state index contributed by atoms with van der Waals surface area (Å²) in [6, 6.07) is 3.67. The number of amides is 1. The third kappa shape index (κ3) is 3.41. The minimum absolute atomic E-state index is 0.163. The van der Waals surface area contributed by atoms with Gasteiger partial charge in [0.2, 0.25) is 0 Å². The molecule has 0 spiro atoms. The number of benzene rings is 1. The highest BCUT2D eigenvalue weighted by Gasteiger charge is 2.27. The number of carbonyl (C=O) groups is 1. The number of halogens is 1. The molecular formula is C15H17BrN2O3S. The molecule has 1 aliphatic heterocycles. The van der Waals surface area contributed by atoms with Gasteiger partial charge in [-0.05, 0) is 49.8 Å². The van der Waals surface area contributed by atoms with Crippen LogP contribution in [0.15, 0.2) is 22.3 Å². The first-order valence-electron chi connectivity index (χ1n) is 6.87. The maximum absolute atomic E-state index is 12.0. The number of ether oxygens (including phenoxy) is 2. The van der Waals surface area contributed by atoms with Gasteiger partial charge in [0.15, 0.2) is 16.6 Å². The van der Waals surface area contributed by atoms with Gasteiger partial charge in [-0.3, -0.25) is 9.69 Å². The lowest BCUT2D eigenvalue weighted by Crippen LogP contribution is -2.25. The fourth-order valence-corrected chi connectivity index (χ4v) is 2.61. The molecule has 0 aromatic heterocycles. The van der Waals surface area contributed by atoms with Crippen molar-refractivity contribution in [3.63, 3.8) is 0 Å². The molecular weight excluding hydrogens is 368 g/mol. The Bertz CT molecular complexity index is 646. The van der Waals surface area contributed by atoms with Crippen molar-refractivity contribution in [3.8, 4) is 11.5 Å². The lowest BCUT2D eigenvalue weighted by atomic mass is 10.1. The molecule has 2 rings (SSSR count). The highest BCUT2D eigenvalue weighted by molar-refractivity contribution is 9.10. The number of hydrogen-bond acceptors (Lipinski definition) is 4. The third-order valence-corrected chi connectivity index (χ3v) is 4.11. The van der Waals surface area contributed by atoms with Gasteiger partial charge in [-0.2, -0.15) is 0 Å². The monoisotopic (exact) mass is 384 g/mol. The first-order valence-corrected chi connectivity index (χ1v) is 8.07. The summed E-state index contributed by atoms with van der Waals surface area (Å²) in [5.74, 6) is 1.14. The van der Waals surface area contributed by atoms with Gasteiger partial charge >= 0.3 is 0 Å². The second-order valence-electron chi connectivity index (χ2n) is 4.54. The van der Waals surface area contributed by atoms with Crippen LogP contribution in [-0.2, 0) is 4.79 Å². The van der Waals surface area contributed by atoms with Crippen LogP contribution < -0.4 is 14.8 Å². The lowest BCUT2D eigenvalue weighted by molar-refractivity contribution is -0.121. The summed E-state index contributed by atoms with van der Waals surface area (Å²) in [6.45, 7) is 4.90. The molecule has 22 heavy (non-hydrogen) atoms. The molecule has 0 radical (unpaired) electrons. The van der Waals surface area contributed by atoms with Crippen molar-refractivity contribution in [3.05, 3.63) is 27.9 Å². The number of nitrogens with one attached hydrogen (secondary N) is 1. The molecule has 0 unspecified atom stereocenters. The molecule has 7 heteroatoms. The summed E-state index contributed by atoms with van der Waals surface area (Å²) >= 11 is 8.56. The van der Waals surface area contributed by atoms with E-state index in [0.717, 1.165) is 10.0 Å². The van der Waals surface area contributed by atoms with Crippen molar-refractivity contribution in [1.82, 2.24) is 10.2 Å². The van der Waals surface area contributed by atoms with Crippen LogP contribution in [0, 0.1) is 0 Å². The SMILES string of the molecule is CCOc1cc(Br)c(C=C2NC(=S)N(C)C2=O)cc1OCC. The fourth-order valence-electron chi connectivity index (χ4n) is 1.98. The van der Waals surface area contributed by atoms with Crippen molar-refractivity contribution < 1.29 is 14.3 Å². The smallest absolute Gasteiger partial charge is 0.276 e. The van der Waals surface area contributed by atoms with Gasteiger partial charge < -0.3 is 14.8 Å². The Labute approximate surface area is 143 Å². The van der Waals surface area contributed by atoms with Crippen LogP contribution in [0.2, 0.25) is 0 Å². The van der Waals surface area contributed by atoms with Crippen LogP contribution in [0.5, 0.6) is 11.5 Å². The van der Waals surface area contributed by atoms with Crippen molar-refractivity contribution >= 4 is 45.2 Å². The summed E-state index contributed by atoms with van der Waals surface area (Å²) in [7, 11) is 1.64. The van der Waals surface area contributed by atoms with Gasteiger partial charge in [0.25, 0.3) is 5.91 Å². The predicted octanol–water partition coefficient (Wildman–Crippen LogP) is 2.93. The maximum Gasteiger partial charge on any atom is 0.276 e. The highest BCUT2D eigenvalue weighted by Crippen LogP contribution is 2.35. The first-order chi connectivity index (χ1) is 10.5. The number of carbonyl (C=O) groups excluding carboxylic acids is 1. The molecule has 118 valence electrons. The van der Waals surface area contributed by atoms with E-state index >= 15 is 0 Å². The van der Waals surface area contributed by atoms with E-state index in [9.17, 15) is 4.79 Å². The molecule has 0 bridgehead atoms. The number of likely N-dealkylation sites (N-methyl/N-ethyl adjacent to an activating group) is 1. The van der Waals surface area contributed by atoms with Gasteiger partial charge in [0, 0.05) is 11.5 Å². The van der Waals surface area contributed by atoms with Crippen molar-refractivity contribution in [2.75, 3.05) is 20.3 Å². The van der Waals surface area contributed by atoms with Gasteiger partial charge in [-0.1, -0.05) is 15.9 Å². The minimum atomic E-state index is -0.163. The quantitative estimate of drug-likeness (QED) is 0.624. The topological polar surface area (TPSA) is 50.8 Å². The van der Waals surface area contributed by atoms with Gasteiger partial charge in [0.05, 0.1) is 13.2 Å². The van der Waals surface area contributed by atoms with E-state index < -0.39 is 0 Å². The van der Waals surface area contributed by atoms with Gasteiger partial charge in [-0.15, -0.1) is 0 Å². The summed E-state index contributed by atoms with van der Waals surface area (Å²) in [4.78, 5) is 13.4. The average Bonchev–Trinajstić information content (AvgIpc) is 2.71. The zero-order valence-corrected chi connectivity index (χ0v) is 15.0. The Morgan fingerprint density at radius 2 is 1.86 bits per heavy atom. The summed E-state index contributed by atoms with van der Waals surface area (Å²) in [5, 5.41) is 3.29. The molecule has 5 nitrogen and oxygen atoms in total. The summed E-state index contributed by atoms with van der Waals surface area (Å²) in [6.07, 6.45) is 1.74. The molecule has 1 aromatic carbocycles. The second kappa shape index (κ2) is 7.11. The van der Waals surface area contributed by atoms with Gasteiger partial charge in [0.1, 0.15) is 5.70 Å². The number of hydrogen-bond donors (Lipinski definition) is 1. The van der Waals surface area contributed by atoms with Crippen molar-refractivity contribution in [1.29, 1.82) is 0 Å². The van der Waals surface area contributed by atoms with Crippen molar-refractivity contribution in [2.45, 2.75) is 13.8 Å². The molecule has 1 aliphatic rings. The zero-order valence-electron chi connectivity index (χ0n) is 12.6. The molecule has 1 aromatic rings. The van der Waals surface area contributed by atoms with Crippen LogP contribution in [0.1, 0.15) is 19.4 Å². The van der Waals surface area contributed by atoms with E-state index in [1.807, 2.05) is 26.0 Å². The molecule has 1 heterocycles. The Morgan fingerprint density at radius 3 is 2.36 bits per heavy atom. The Morgan fingerprint density at radius 1 is 1.27 bits per heavy atom. The van der Waals surface area contributed by atoms with Crippen LogP contribution in [0.3, 0.4) is 0 Å². The molecule has 0 aliphatic carbocycles. The average molecular weight is 385 g/mol. The molecule has 1 saturated heterocycles. The Kier molecular flexibility index (Phi) is 5.42. The van der Waals surface area contributed by atoms with Crippen LogP contribution >= 0.6 is 28.1 Å². The number of rotatable bonds is 5. The zero-order chi connectivity index (χ0) is 16.3. The minimum Gasteiger partial charge on any atom is -0.490 e. The standard InChI is InChI=1S/C15H17BrN2O3S/c1-4-20-12-7-9(10(16)8-13(12)21-5-2)6-11-14(19)18(3)15(22)17-11/h6-8H,4-5H2,1-3H3,(H,17,22). The second-order valence-corrected chi connectivity index (χ2v) is 5.78. The number of thiocarbonyl (C=S) groups is 1. The van der Waals surface area contributed by atoms with Crippen LogP contribution in [0.4, 0.5) is 0 Å². The van der Waals surface area contributed by atoms with Gasteiger partial charge in [-0.25, -0.2) is 0 Å². The van der Waals surface area contributed by atoms with E-state index in [-0.39, 0.29) is 5.91 Å². The van der Waals surface area contributed by atoms with E-state index in [0.29, 0.717) is 35.5 Å².